The number of amides is 3. The Balaban J connectivity index is 1.63. The molecule has 9 heteroatoms. The number of carbonyl (C=O) groups is 3. The highest BCUT2D eigenvalue weighted by Crippen LogP contribution is 2.36. The maximum atomic E-state index is 13.9. The number of carbonyl (C=O) groups excluding carboxylic acids is 3. The predicted octanol–water partition coefficient (Wildman–Crippen LogP) is 4.46. The minimum Gasteiger partial charge on any atom is -0.444 e. The van der Waals surface area contributed by atoms with Crippen LogP contribution in [0.15, 0.2) is 104 Å². The molecule has 0 aliphatic heterocycles. The molecule has 0 saturated heterocycles. The maximum absolute atomic E-state index is 13.9. The van der Waals surface area contributed by atoms with E-state index in [1.54, 1.807) is 33.3 Å². The smallest absolute Gasteiger partial charge is 0.408 e. The van der Waals surface area contributed by atoms with Crippen molar-refractivity contribution >= 4 is 17.9 Å². The molecule has 218 valence electrons. The van der Waals surface area contributed by atoms with E-state index in [0.717, 1.165) is 22.4 Å². The summed E-state index contributed by atoms with van der Waals surface area (Å²) in [6.07, 6.45) is 2.64. The van der Waals surface area contributed by atoms with Gasteiger partial charge in [0, 0.05) is 24.9 Å². The van der Waals surface area contributed by atoms with Crippen LogP contribution in [0.4, 0.5) is 4.79 Å². The number of hydrogen-bond acceptors (Lipinski definition) is 5. The summed E-state index contributed by atoms with van der Waals surface area (Å²) in [5.74, 6) is -0.934. The molecule has 0 spiro atoms. The molecule has 1 atom stereocenters. The van der Waals surface area contributed by atoms with Crippen LogP contribution in [0.25, 0.3) is 0 Å². The Labute approximate surface area is 246 Å². The Morgan fingerprint density at radius 3 is 1.81 bits per heavy atom. The first kappa shape index (κ1) is 30.0. The normalized spacial score (nSPS) is 12.2. The van der Waals surface area contributed by atoms with Crippen LogP contribution in [-0.2, 0) is 26.3 Å². The summed E-state index contributed by atoms with van der Waals surface area (Å²) in [4.78, 5) is 46.9. The molecule has 4 rings (SSSR count). The first-order valence-electron chi connectivity index (χ1n) is 13.9. The van der Waals surface area contributed by atoms with Crippen LogP contribution in [0, 0.1) is 0 Å². The maximum Gasteiger partial charge on any atom is 0.408 e. The van der Waals surface area contributed by atoms with Gasteiger partial charge in [0.05, 0.1) is 12.7 Å². The zero-order chi connectivity index (χ0) is 30.0. The monoisotopic (exact) mass is 567 g/mol. The fraction of sp³-hybridized carbons (Fsp3) is 0.273. The number of hydrogen-bond donors (Lipinski definition) is 4. The molecule has 3 aromatic carbocycles. The number of aromatic nitrogens is 2. The largest absolute Gasteiger partial charge is 0.444 e. The number of alkyl carbamates (subject to hydrolysis) is 1. The van der Waals surface area contributed by atoms with E-state index < -0.39 is 35.1 Å². The fourth-order valence-electron chi connectivity index (χ4n) is 4.75. The molecule has 0 saturated carbocycles. The van der Waals surface area contributed by atoms with Crippen molar-refractivity contribution in [3.63, 3.8) is 0 Å². The van der Waals surface area contributed by atoms with Crippen molar-refractivity contribution in [1.29, 1.82) is 0 Å². The highest BCUT2D eigenvalue weighted by Gasteiger charge is 2.39. The van der Waals surface area contributed by atoms with E-state index >= 15 is 0 Å². The van der Waals surface area contributed by atoms with Gasteiger partial charge in [-0.25, -0.2) is 9.78 Å². The van der Waals surface area contributed by atoms with Crippen LogP contribution < -0.4 is 16.0 Å². The number of benzene rings is 3. The second-order valence-electron chi connectivity index (χ2n) is 10.9. The molecule has 0 unspecified atom stereocenters. The van der Waals surface area contributed by atoms with Crippen molar-refractivity contribution in [2.24, 2.45) is 0 Å². The molecular formula is C33H37N5O4. The van der Waals surface area contributed by atoms with Gasteiger partial charge in [-0.3, -0.25) is 9.59 Å². The number of nitrogens with one attached hydrogen (secondary N) is 4. The van der Waals surface area contributed by atoms with Crippen LogP contribution in [0.2, 0.25) is 0 Å². The molecule has 1 aromatic heterocycles. The van der Waals surface area contributed by atoms with E-state index in [0.29, 0.717) is 6.42 Å². The quantitative estimate of drug-likeness (QED) is 0.199. The summed E-state index contributed by atoms with van der Waals surface area (Å²) in [5, 5.41) is 8.65. The third kappa shape index (κ3) is 7.84. The summed E-state index contributed by atoms with van der Waals surface area (Å²) in [5.41, 5.74) is 1.54. The summed E-state index contributed by atoms with van der Waals surface area (Å²) >= 11 is 0. The van der Waals surface area contributed by atoms with Crippen LogP contribution in [0.5, 0.6) is 0 Å². The van der Waals surface area contributed by atoms with Gasteiger partial charge in [0.25, 0.3) is 0 Å². The summed E-state index contributed by atoms with van der Waals surface area (Å²) in [6.45, 7) is 5.48. The number of H-pyrrole nitrogens is 1. The Morgan fingerprint density at radius 1 is 0.833 bits per heavy atom. The summed E-state index contributed by atoms with van der Waals surface area (Å²) < 4.78 is 5.40. The lowest BCUT2D eigenvalue weighted by Gasteiger charge is -2.37. The molecule has 4 N–H and O–H groups in total. The van der Waals surface area contributed by atoms with Crippen molar-refractivity contribution in [2.45, 2.75) is 50.8 Å². The topological polar surface area (TPSA) is 125 Å². The molecule has 0 aliphatic carbocycles. The zero-order valence-electron chi connectivity index (χ0n) is 24.1. The SMILES string of the molecule is CC(C)(C)OC(=O)N[C@H](CC(=O)NC(c1ccccc1)(c1ccccc1)c1ccccc1)C(=O)NCCc1cnc[nH]1. The molecular weight excluding hydrogens is 530 g/mol. The van der Waals surface area contributed by atoms with Crippen molar-refractivity contribution in [3.8, 4) is 0 Å². The number of nitrogens with zero attached hydrogens (tertiary/aromatic N) is 1. The highest BCUT2D eigenvalue weighted by atomic mass is 16.6. The van der Waals surface area contributed by atoms with Crippen LogP contribution in [-0.4, -0.2) is 46.1 Å². The first-order chi connectivity index (χ1) is 20.2. The first-order valence-corrected chi connectivity index (χ1v) is 13.9. The van der Waals surface area contributed by atoms with Gasteiger partial charge in [0.1, 0.15) is 17.2 Å². The van der Waals surface area contributed by atoms with Gasteiger partial charge in [-0.05, 0) is 37.5 Å². The number of rotatable bonds is 11. The second kappa shape index (κ2) is 13.6. The predicted molar refractivity (Wildman–Crippen MR) is 160 cm³/mol. The molecule has 42 heavy (non-hydrogen) atoms. The van der Waals surface area contributed by atoms with Gasteiger partial charge >= 0.3 is 6.09 Å². The van der Waals surface area contributed by atoms with Crippen molar-refractivity contribution in [2.75, 3.05) is 6.54 Å². The van der Waals surface area contributed by atoms with E-state index in [2.05, 4.69) is 25.9 Å². The third-order valence-electron chi connectivity index (χ3n) is 6.59. The minimum absolute atomic E-state index is 0.289. The molecule has 4 aromatic rings. The van der Waals surface area contributed by atoms with E-state index in [4.69, 9.17) is 4.74 Å². The van der Waals surface area contributed by atoms with Gasteiger partial charge < -0.3 is 25.7 Å². The van der Waals surface area contributed by atoms with Gasteiger partial charge in [-0.2, -0.15) is 0 Å². The lowest BCUT2D eigenvalue weighted by Crippen LogP contribution is -2.53. The third-order valence-corrected chi connectivity index (χ3v) is 6.59. The minimum atomic E-state index is -1.18. The highest BCUT2D eigenvalue weighted by molar-refractivity contribution is 5.91. The average molecular weight is 568 g/mol. The van der Waals surface area contributed by atoms with Gasteiger partial charge in [-0.1, -0.05) is 91.0 Å². The number of aromatic amines is 1. The van der Waals surface area contributed by atoms with E-state index in [9.17, 15) is 14.4 Å². The Bertz CT molecular complexity index is 1340. The Hall–Kier alpha value is -4.92. The Morgan fingerprint density at radius 2 is 1.36 bits per heavy atom. The molecule has 0 fully saturated rings. The van der Waals surface area contributed by atoms with Crippen molar-refractivity contribution < 1.29 is 19.1 Å². The molecule has 0 radical (unpaired) electrons. The second-order valence-corrected chi connectivity index (χ2v) is 10.9. The van der Waals surface area contributed by atoms with Crippen LogP contribution in [0.3, 0.4) is 0 Å². The standard InChI is InChI=1S/C33H37N5O4/c1-32(2,3)42-31(41)37-28(30(40)35-20-19-27-22-34-23-36-27)21-29(39)38-33(24-13-7-4-8-14-24,25-15-9-5-10-16-25)26-17-11-6-12-18-26/h4-18,22-23,28H,19-21H2,1-3H3,(H,34,36)(H,35,40)(H,37,41)(H,38,39)/t28-/m1/s1. The average Bonchev–Trinajstić information content (AvgIpc) is 3.49. The molecule has 0 bridgehead atoms. The van der Waals surface area contributed by atoms with Crippen molar-refractivity contribution in [3.05, 3.63) is 126 Å². The van der Waals surface area contributed by atoms with Crippen molar-refractivity contribution in [1.82, 2.24) is 25.9 Å². The molecule has 9 nitrogen and oxygen atoms in total. The zero-order valence-corrected chi connectivity index (χ0v) is 24.1. The van der Waals surface area contributed by atoms with Gasteiger partial charge in [-0.15, -0.1) is 0 Å². The van der Waals surface area contributed by atoms with E-state index in [1.807, 2.05) is 91.0 Å². The van der Waals surface area contributed by atoms with E-state index in [-0.39, 0.29) is 13.0 Å². The van der Waals surface area contributed by atoms with Gasteiger partial charge in [0.15, 0.2) is 0 Å². The summed E-state index contributed by atoms with van der Waals surface area (Å²) in [7, 11) is 0. The fourth-order valence-corrected chi connectivity index (χ4v) is 4.75. The van der Waals surface area contributed by atoms with Crippen LogP contribution >= 0.6 is 0 Å². The lowest BCUT2D eigenvalue weighted by atomic mass is 9.77. The Kier molecular flexibility index (Phi) is 9.75. The van der Waals surface area contributed by atoms with Crippen LogP contribution in [0.1, 0.15) is 49.6 Å². The number of imidazole rings is 1. The van der Waals surface area contributed by atoms with Gasteiger partial charge in [0.2, 0.25) is 11.8 Å². The van der Waals surface area contributed by atoms with E-state index in [1.165, 1.54) is 0 Å². The number of ether oxygens (including phenoxy) is 1. The lowest BCUT2D eigenvalue weighted by molar-refractivity contribution is -0.129. The molecule has 0 aliphatic rings. The summed E-state index contributed by atoms with van der Waals surface area (Å²) in [6, 6.07) is 27.8. The molecule has 1 heterocycles. The molecule has 3 amide bonds.